The van der Waals surface area contributed by atoms with Crippen molar-refractivity contribution in [1.29, 1.82) is 0 Å². The minimum atomic E-state index is -4.27. The third-order valence-corrected chi connectivity index (χ3v) is 3.65. The molecule has 2 rings (SSSR count). The fourth-order valence-corrected chi connectivity index (χ4v) is 2.43. The molecule has 0 radical (unpaired) electrons. The highest BCUT2D eigenvalue weighted by atomic mass is 19.4. The zero-order valence-electron chi connectivity index (χ0n) is 12.1. The van der Waals surface area contributed by atoms with Crippen molar-refractivity contribution in [3.05, 3.63) is 35.4 Å². The lowest BCUT2D eigenvalue weighted by atomic mass is 10.1. The van der Waals surface area contributed by atoms with Crippen LogP contribution < -0.4 is 5.32 Å². The number of alkyl halides is 3. The van der Waals surface area contributed by atoms with E-state index < -0.39 is 11.7 Å². The smallest absolute Gasteiger partial charge is 0.378 e. The SMILES string of the molecule is CCNCC1COCCN1Cc1ccc(C(F)(F)F)cc1. The lowest BCUT2D eigenvalue weighted by Gasteiger charge is -2.35. The molecule has 0 saturated carbocycles. The summed E-state index contributed by atoms with van der Waals surface area (Å²) in [6.07, 6.45) is -4.27. The molecule has 21 heavy (non-hydrogen) atoms. The number of hydrogen-bond acceptors (Lipinski definition) is 3. The minimum Gasteiger partial charge on any atom is -0.378 e. The van der Waals surface area contributed by atoms with Crippen LogP contribution in [0.15, 0.2) is 24.3 Å². The van der Waals surface area contributed by atoms with Crippen molar-refractivity contribution in [1.82, 2.24) is 10.2 Å². The van der Waals surface area contributed by atoms with Gasteiger partial charge in [0.05, 0.1) is 18.8 Å². The van der Waals surface area contributed by atoms with Crippen molar-refractivity contribution < 1.29 is 17.9 Å². The van der Waals surface area contributed by atoms with Crippen molar-refractivity contribution in [3.63, 3.8) is 0 Å². The summed E-state index contributed by atoms with van der Waals surface area (Å²) in [5.74, 6) is 0. The summed E-state index contributed by atoms with van der Waals surface area (Å²) in [6, 6.07) is 5.68. The Labute approximate surface area is 123 Å². The number of nitrogens with one attached hydrogen (secondary N) is 1. The molecule has 1 aliphatic rings. The molecule has 0 amide bonds. The van der Waals surface area contributed by atoms with Gasteiger partial charge in [-0.05, 0) is 24.2 Å². The molecule has 1 aliphatic heterocycles. The Morgan fingerprint density at radius 1 is 1.29 bits per heavy atom. The number of hydrogen-bond donors (Lipinski definition) is 1. The molecular weight excluding hydrogens is 281 g/mol. The highest BCUT2D eigenvalue weighted by Gasteiger charge is 2.30. The summed E-state index contributed by atoms with van der Waals surface area (Å²) in [5.41, 5.74) is 0.295. The first-order valence-electron chi connectivity index (χ1n) is 7.19. The van der Waals surface area contributed by atoms with Gasteiger partial charge in [-0.1, -0.05) is 19.1 Å². The number of ether oxygens (including phenoxy) is 1. The minimum absolute atomic E-state index is 0.265. The molecule has 0 aromatic heterocycles. The van der Waals surface area contributed by atoms with E-state index in [-0.39, 0.29) is 6.04 Å². The molecule has 1 unspecified atom stereocenters. The Morgan fingerprint density at radius 3 is 2.62 bits per heavy atom. The molecule has 6 heteroatoms. The number of nitrogens with zero attached hydrogens (tertiary/aromatic N) is 1. The average molecular weight is 302 g/mol. The van der Waals surface area contributed by atoms with Crippen LogP contribution in [-0.2, 0) is 17.5 Å². The second-order valence-electron chi connectivity index (χ2n) is 5.20. The van der Waals surface area contributed by atoms with E-state index in [9.17, 15) is 13.2 Å². The van der Waals surface area contributed by atoms with Gasteiger partial charge in [0.1, 0.15) is 0 Å². The molecule has 1 aromatic carbocycles. The Morgan fingerprint density at radius 2 is 2.00 bits per heavy atom. The second-order valence-corrected chi connectivity index (χ2v) is 5.20. The van der Waals surface area contributed by atoms with Crippen LogP contribution in [0, 0.1) is 0 Å². The molecule has 1 heterocycles. The van der Waals surface area contributed by atoms with E-state index in [1.54, 1.807) is 12.1 Å². The molecule has 1 saturated heterocycles. The molecule has 1 N–H and O–H groups in total. The topological polar surface area (TPSA) is 24.5 Å². The summed E-state index contributed by atoms with van der Waals surface area (Å²) in [4.78, 5) is 2.26. The predicted molar refractivity (Wildman–Crippen MR) is 75.0 cm³/mol. The maximum absolute atomic E-state index is 12.5. The highest BCUT2D eigenvalue weighted by molar-refractivity contribution is 5.24. The molecule has 1 fully saturated rings. The van der Waals surface area contributed by atoms with E-state index in [4.69, 9.17) is 4.74 Å². The summed E-state index contributed by atoms with van der Waals surface area (Å²) in [6.45, 7) is 6.55. The van der Waals surface area contributed by atoms with Gasteiger partial charge in [-0.2, -0.15) is 13.2 Å². The molecular formula is C15H21F3N2O. The van der Waals surface area contributed by atoms with Gasteiger partial charge >= 0.3 is 6.18 Å². The monoisotopic (exact) mass is 302 g/mol. The van der Waals surface area contributed by atoms with Crippen LogP contribution in [0.5, 0.6) is 0 Å². The number of morpholine rings is 1. The predicted octanol–water partition coefficient (Wildman–Crippen LogP) is 2.52. The summed E-state index contributed by atoms with van der Waals surface area (Å²) in [7, 11) is 0. The number of rotatable bonds is 5. The Kier molecular flexibility index (Phi) is 5.61. The van der Waals surface area contributed by atoms with Gasteiger partial charge in [0.2, 0.25) is 0 Å². The highest BCUT2D eigenvalue weighted by Crippen LogP contribution is 2.29. The van der Waals surface area contributed by atoms with Crippen LogP contribution in [0.1, 0.15) is 18.1 Å². The number of halogens is 3. The molecule has 1 aromatic rings. The fourth-order valence-electron chi connectivity index (χ4n) is 2.43. The van der Waals surface area contributed by atoms with Crippen molar-refractivity contribution in [2.75, 3.05) is 32.8 Å². The van der Waals surface area contributed by atoms with E-state index >= 15 is 0 Å². The van der Waals surface area contributed by atoms with E-state index in [2.05, 4.69) is 10.2 Å². The summed E-state index contributed by atoms with van der Waals surface area (Å²) in [5, 5.41) is 3.29. The van der Waals surface area contributed by atoms with Crippen LogP contribution in [0.25, 0.3) is 0 Å². The Hall–Kier alpha value is -1.11. The van der Waals surface area contributed by atoms with Gasteiger partial charge in [0, 0.05) is 25.7 Å². The van der Waals surface area contributed by atoms with Gasteiger partial charge in [-0.25, -0.2) is 0 Å². The Balaban J connectivity index is 1.98. The Bertz CT molecular complexity index is 434. The van der Waals surface area contributed by atoms with Crippen molar-refractivity contribution in [3.8, 4) is 0 Å². The lowest BCUT2D eigenvalue weighted by Crippen LogP contribution is -2.49. The molecule has 118 valence electrons. The zero-order valence-corrected chi connectivity index (χ0v) is 12.1. The van der Waals surface area contributed by atoms with E-state index in [0.717, 1.165) is 37.3 Å². The first-order chi connectivity index (χ1) is 10.0. The summed E-state index contributed by atoms with van der Waals surface area (Å²) < 4.78 is 43.1. The zero-order chi connectivity index (χ0) is 15.3. The maximum atomic E-state index is 12.5. The van der Waals surface area contributed by atoms with Crippen LogP contribution in [0.2, 0.25) is 0 Å². The second kappa shape index (κ2) is 7.24. The third-order valence-electron chi connectivity index (χ3n) is 3.65. The quantitative estimate of drug-likeness (QED) is 0.904. The molecule has 0 spiro atoms. The van der Waals surface area contributed by atoms with Gasteiger partial charge in [0.15, 0.2) is 0 Å². The molecule has 0 aliphatic carbocycles. The van der Waals surface area contributed by atoms with Crippen LogP contribution in [-0.4, -0.2) is 43.8 Å². The van der Waals surface area contributed by atoms with Crippen molar-refractivity contribution in [2.45, 2.75) is 25.7 Å². The standard InChI is InChI=1S/C15H21F3N2O/c1-2-19-9-14-11-21-8-7-20(14)10-12-3-5-13(6-4-12)15(16,17)18/h3-6,14,19H,2,7-11H2,1H3. The normalized spacial score (nSPS) is 20.7. The lowest BCUT2D eigenvalue weighted by molar-refractivity contribution is -0.137. The number of likely N-dealkylation sites (N-methyl/N-ethyl adjacent to an activating group) is 1. The maximum Gasteiger partial charge on any atom is 0.416 e. The van der Waals surface area contributed by atoms with Crippen LogP contribution in [0.3, 0.4) is 0 Å². The first kappa shape index (κ1) is 16.3. The van der Waals surface area contributed by atoms with E-state index in [0.29, 0.717) is 19.8 Å². The molecule has 1 atom stereocenters. The van der Waals surface area contributed by atoms with Gasteiger partial charge in [-0.3, -0.25) is 4.90 Å². The van der Waals surface area contributed by atoms with Crippen LogP contribution >= 0.6 is 0 Å². The largest absolute Gasteiger partial charge is 0.416 e. The fraction of sp³-hybridized carbons (Fsp3) is 0.600. The first-order valence-corrected chi connectivity index (χ1v) is 7.19. The van der Waals surface area contributed by atoms with Gasteiger partial charge in [-0.15, -0.1) is 0 Å². The third kappa shape index (κ3) is 4.69. The van der Waals surface area contributed by atoms with Gasteiger partial charge in [0.25, 0.3) is 0 Å². The average Bonchev–Trinajstić information content (AvgIpc) is 2.46. The molecule has 0 bridgehead atoms. The number of benzene rings is 1. The summed E-state index contributed by atoms with van der Waals surface area (Å²) >= 11 is 0. The van der Waals surface area contributed by atoms with E-state index in [1.165, 1.54) is 0 Å². The van der Waals surface area contributed by atoms with Crippen molar-refractivity contribution in [2.24, 2.45) is 0 Å². The van der Waals surface area contributed by atoms with Crippen molar-refractivity contribution >= 4 is 0 Å². The van der Waals surface area contributed by atoms with Gasteiger partial charge < -0.3 is 10.1 Å². The molecule has 3 nitrogen and oxygen atoms in total. The van der Waals surface area contributed by atoms with Crippen LogP contribution in [0.4, 0.5) is 13.2 Å². The van der Waals surface area contributed by atoms with E-state index in [1.807, 2.05) is 6.92 Å².